The van der Waals surface area contributed by atoms with Crippen molar-refractivity contribution in [2.24, 2.45) is 0 Å². The van der Waals surface area contributed by atoms with Crippen molar-refractivity contribution in [3.8, 4) is 11.3 Å². The van der Waals surface area contributed by atoms with Gasteiger partial charge in [-0.3, -0.25) is 9.66 Å². The lowest BCUT2D eigenvalue weighted by atomic mass is 10.2. The van der Waals surface area contributed by atoms with Crippen molar-refractivity contribution in [3.05, 3.63) is 36.5 Å². The van der Waals surface area contributed by atoms with Crippen LogP contribution in [0.3, 0.4) is 0 Å². The molecule has 2 N–H and O–H groups in total. The fraction of sp³-hybridized carbons (Fsp3) is 0.111. The molecule has 0 bridgehead atoms. The highest BCUT2D eigenvalue weighted by Crippen LogP contribution is 2.15. The van der Waals surface area contributed by atoms with Crippen LogP contribution in [0.1, 0.15) is 5.82 Å². The van der Waals surface area contributed by atoms with Gasteiger partial charge in [-0.2, -0.15) is 0 Å². The van der Waals surface area contributed by atoms with E-state index in [9.17, 15) is 0 Å². The number of imidazole rings is 1. The lowest BCUT2D eigenvalue weighted by Crippen LogP contribution is -2.07. The predicted molar refractivity (Wildman–Crippen MR) is 57.6 cm³/mol. The Morgan fingerprint density at radius 1 is 1.43 bits per heavy atom. The molecule has 0 aliphatic carbocycles. The average molecular weight is 211 g/mol. The molecule has 0 unspecified atom stereocenters. The molecule has 0 spiro atoms. The maximum atomic E-state index is 5.61. The van der Waals surface area contributed by atoms with Crippen molar-refractivity contribution in [2.45, 2.75) is 6.92 Å². The molecule has 14 heavy (non-hydrogen) atoms. The van der Waals surface area contributed by atoms with Gasteiger partial charge in [-0.25, -0.2) is 4.98 Å². The smallest absolute Gasteiger partial charge is 0.124 e. The van der Waals surface area contributed by atoms with Crippen LogP contribution in [-0.2, 0) is 0 Å². The summed E-state index contributed by atoms with van der Waals surface area (Å²) in [5.74, 6) is 6.40. The van der Waals surface area contributed by atoms with Gasteiger partial charge < -0.3 is 5.84 Å². The van der Waals surface area contributed by atoms with E-state index in [1.165, 1.54) is 4.68 Å². The molecule has 0 aliphatic heterocycles. The summed E-state index contributed by atoms with van der Waals surface area (Å²) in [4.78, 5) is 8.29. The maximum absolute atomic E-state index is 5.61. The zero-order valence-electron chi connectivity index (χ0n) is 7.71. The quantitative estimate of drug-likeness (QED) is 0.724. The minimum atomic E-state index is 0. The van der Waals surface area contributed by atoms with E-state index in [4.69, 9.17) is 5.84 Å². The third kappa shape index (κ3) is 1.85. The van der Waals surface area contributed by atoms with Crippen LogP contribution in [0.25, 0.3) is 11.3 Å². The number of aromatic nitrogens is 3. The normalized spacial score (nSPS) is 9.50. The van der Waals surface area contributed by atoms with Crippen molar-refractivity contribution >= 4 is 12.4 Å². The Labute approximate surface area is 88.2 Å². The van der Waals surface area contributed by atoms with Crippen molar-refractivity contribution in [2.75, 3.05) is 5.84 Å². The summed E-state index contributed by atoms with van der Waals surface area (Å²) in [5, 5.41) is 0. The second-order valence-electron chi connectivity index (χ2n) is 2.82. The molecule has 2 heterocycles. The largest absolute Gasteiger partial charge is 0.338 e. The van der Waals surface area contributed by atoms with Crippen LogP contribution < -0.4 is 5.84 Å². The first-order valence-electron chi connectivity index (χ1n) is 3.99. The van der Waals surface area contributed by atoms with Gasteiger partial charge in [0.15, 0.2) is 0 Å². The molecule has 0 aliphatic rings. The highest BCUT2D eigenvalue weighted by Gasteiger charge is 2.03. The summed E-state index contributed by atoms with van der Waals surface area (Å²) in [6, 6.07) is 3.83. The molecular weight excluding hydrogens is 200 g/mol. The molecule has 0 aromatic carbocycles. The van der Waals surface area contributed by atoms with Crippen molar-refractivity contribution in [3.63, 3.8) is 0 Å². The highest BCUT2D eigenvalue weighted by molar-refractivity contribution is 5.85. The average Bonchev–Trinajstić information content (AvgIpc) is 2.49. The number of halogens is 1. The number of rotatable bonds is 1. The van der Waals surface area contributed by atoms with E-state index in [-0.39, 0.29) is 12.4 Å². The van der Waals surface area contributed by atoms with E-state index in [1.54, 1.807) is 18.6 Å². The Morgan fingerprint density at radius 2 is 2.21 bits per heavy atom. The van der Waals surface area contributed by atoms with E-state index in [0.29, 0.717) is 0 Å². The zero-order chi connectivity index (χ0) is 9.26. The Kier molecular flexibility index (Phi) is 3.09. The molecule has 0 saturated carbocycles. The molecule has 0 amide bonds. The molecule has 2 rings (SSSR count). The van der Waals surface area contributed by atoms with Gasteiger partial charge in [-0.1, -0.05) is 0 Å². The number of nitrogen functional groups attached to an aromatic ring is 1. The first-order valence-corrected chi connectivity index (χ1v) is 3.99. The number of nitrogens with zero attached hydrogens (tertiary/aromatic N) is 3. The van der Waals surface area contributed by atoms with Gasteiger partial charge >= 0.3 is 0 Å². The van der Waals surface area contributed by atoms with Crippen molar-refractivity contribution < 1.29 is 0 Å². The number of hydrogen-bond acceptors (Lipinski definition) is 3. The molecular formula is C9H11ClN4. The van der Waals surface area contributed by atoms with E-state index >= 15 is 0 Å². The first kappa shape index (κ1) is 10.5. The van der Waals surface area contributed by atoms with Gasteiger partial charge in [0.05, 0.1) is 11.9 Å². The van der Waals surface area contributed by atoms with Crippen LogP contribution in [0.5, 0.6) is 0 Å². The minimum absolute atomic E-state index is 0. The molecule has 5 heteroatoms. The third-order valence-corrected chi connectivity index (χ3v) is 1.87. The van der Waals surface area contributed by atoms with Gasteiger partial charge in [0, 0.05) is 18.0 Å². The second-order valence-corrected chi connectivity index (χ2v) is 2.82. The minimum Gasteiger partial charge on any atom is -0.338 e. The summed E-state index contributed by atoms with van der Waals surface area (Å²) in [5.41, 5.74) is 1.84. The number of nitrogens with two attached hydrogens (primary N) is 1. The Bertz CT molecular complexity index is 391. The van der Waals surface area contributed by atoms with Gasteiger partial charge in [-0.05, 0) is 19.1 Å². The van der Waals surface area contributed by atoms with Gasteiger partial charge in [0.2, 0.25) is 0 Å². The third-order valence-electron chi connectivity index (χ3n) is 1.87. The highest BCUT2D eigenvalue weighted by atomic mass is 35.5. The van der Waals surface area contributed by atoms with Gasteiger partial charge in [0.1, 0.15) is 5.82 Å². The summed E-state index contributed by atoms with van der Waals surface area (Å²) in [7, 11) is 0. The standard InChI is InChI=1S/C9H10N4.ClH/c1-7-12-9(6-13(7)10)8-3-2-4-11-5-8;/h2-6H,10H2,1H3;1H. The summed E-state index contributed by atoms with van der Waals surface area (Å²) in [6.45, 7) is 1.86. The monoisotopic (exact) mass is 210 g/mol. The summed E-state index contributed by atoms with van der Waals surface area (Å²) < 4.78 is 1.50. The van der Waals surface area contributed by atoms with E-state index < -0.39 is 0 Å². The van der Waals surface area contributed by atoms with Crippen LogP contribution in [0, 0.1) is 6.92 Å². The molecule has 74 valence electrons. The number of hydrogen-bond donors (Lipinski definition) is 1. The lowest BCUT2D eigenvalue weighted by Gasteiger charge is -1.92. The Morgan fingerprint density at radius 3 is 2.71 bits per heavy atom. The van der Waals surface area contributed by atoms with Gasteiger partial charge in [0.25, 0.3) is 0 Å². The van der Waals surface area contributed by atoms with Crippen molar-refractivity contribution in [1.82, 2.24) is 14.6 Å². The fourth-order valence-electron chi connectivity index (χ4n) is 1.14. The van der Waals surface area contributed by atoms with Crippen LogP contribution in [-0.4, -0.2) is 14.6 Å². The fourth-order valence-corrected chi connectivity index (χ4v) is 1.14. The van der Waals surface area contributed by atoms with Crippen LogP contribution in [0.4, 0.5) is 0 Å². The Hall–Kier alpha value is -1.55. The van der Waals surface area contributed by atoms with Gasteiger partial charge in [-0.15, -0.1) is 12.4 Å². The number of aryl methyl sites for hydroxylation is 1. The summed E-state index contributed by atoms with van der Waals surface area (Å²) >= 11 is 0. The topological polar surface area (TPSA) is 56.7 Å². The lowest BCUT2D eigenvalue weighted by molar-refractivity contribution is 0.928. The molecule has 2 aromatic heterocycles. The number of pyridine rings is 1. The van der Waals surface area contributed by atoms with Crippen LogP contribution >= 0.6 is 12.4 Å². The van der Waals surface area contributed by atoms with E-state index in [0.717, 1.165) is 17.1 Å². The van der Waals surface area contributed by atoms with Crippen LogP contribution in [0.15, 0.2) is 30.7 Å². The zero-order valence-corrected chi connectivity index (χ0v) is 8.53. The Balaban J connectivity index is 0.000000980. The molecule has 0 fully saturated rings. The molecule has 4 nitrogen and oxygen atoms in total. The molecule has 0 radical (unpaired) electrons. The van der Waals surface area contributed by atoms with E-state index in [1.807, 2.05) is 19.1 Å². The van der Waals surface area contributed by atoms with E-state index in [2.05, 4.69) is 9.97 Å². The molecule has 0 saturated heterocycles. The van der Waals surface area contributed by atoms with Crippen LogP contribution in [0.2, 0.25) is 0 Å². The van der Waals surface area contributed by atoms with Crippen molar-refractivity contribution in [1.29, 1.82) is 0 Å². The molecule has 0 atom stereocenters. The predicted octanol–water partition coefficient (Wildman–Crippen LogP) is 1.39. The maximum Gasteiger partial charge on any atom is 0.124 e. The molecule has 2 aromatic rings. The SMILES string of the molecule is Cc1nc(-c2cccnc2)cn1N.Cl. The summed E-state index contributed by atoms with van der Waals surface area (Å²) in [6.07, 6.45) is 5.28. The first-order chi connectivity index (χ1) is 6.27. The second kappa shape index (κ2) is 4.11.